The minimum Gasteiger partial charge on any atom is -0.356 e. The van der Waals surface area contributed by atoms with Crippen LogP contribution >= 0.6 is 11.6 Å². The highest BCUT2D eigenvalue weighted by molar-refractivity contribution is 7.90. The van der Waals surface area contributed by atoms with Crippen LogP contribution in [0.1, 0.15) is 34.4 Å². The van der Waals surface area contributed by atoms with Crippen molar-refractivity contribution in [3.8, 4) is 0 Å². The number of H-pyrrole nitrogens is 1. The molecule has 0 amide bonds. The molecule has 1 aromatic carbocycles. The summed E-state index contributed by atoms with van der Waals surface area (Å²) < 4.78 is 77.3. The van der Waals surface area contributed by atoms with Crippen molar-refractivity contribution in [1.82, 2.24) is 15.0 Å². The second-order valence-electron chi connectivity index (χ2n) is 6.94. The van der Waals surface area contributed by atoms with Gasteiger partial charge in [0, 0.05) is 11.9 Å². The third-order valence-electron chi connectivity index (χ3n) is 4.35. The van der Waals surface area contributed by atoms with E-state index >= 15 is 0 Å². The van der Waals surface area contributed by atoms with E-state index in [0.29, 0.717) is 5.56 Å². The summed E-state index contributed by atoms with van der Waals surface area (Å²) in [6.45, 7) is 2.88. The maximum absolute atomic E-state index is 13.7. The molecule has 0 spiro atoms. The van der Waals surface area contributed by atoms with Gasteiger partial charge in [-0.15, -0.1) is 0 Å². The number of benzene rings is 1. The Morgan fingerprint density at radius 1 is 1.13 bits per heavy atom. The Bertz CT molecular complexity index is 1240. The highest BCUT2D eigenvalue weighted by Crippen LogP contribution is 2.33. The molecule has 12 heteroatoms. The molecule has 31 heavy (non-hydrogen) atoms. The Balaban J connectivity index is 2.14. The third-order valence-corrected chi connectivity index (χ3v) is 5.78. The number of rotatable bonds is 5. The Morgan fingerprint density at radius 3 is 2.35 bits per heavy atom. The molecular weight excluding hydrogens is 460 g/mol. The van der Waals surface area contributed by atoms with Crippen molar-refractivity contribution in [2.45, 2.75) is 31.1 Å². The maximum Gasteiger partial charge on any atom is 0.416 e. The normalized spacial score (nSPS) is 13.3. The van der Waals surface area contributed by atoms with Crippen LogP contribution < -0.4 is 5.32 Å². The number of nitrogens with one attached hydrogen (secondary N) is 2. The van der Waals surface area contributed by atoms with Crippen molar-refractivity contribution in [2.24, 2.45) is 0 Å². The molecule has 6 nitrogen and oxygen atoms in total. The molecule has 0 saturated heterocycles. The fraction of sp³-hybridized carbons (Fsp3) is 0.263. The predicted molar refractivity (Wildman–Crippen MR) is 107 cm³/mol. The summed E-state index contributed by atoms with van der Waals surface area (Å²) in [6, 6.07) is 4.43. The number of aromatic nitrogens is 3. The summed E-state index contributed by atoms with van der Waals surface area (Å²) >= 11 is 5.87. The molecule has 0 bridgehead atoms. The number of aryl methyl sites for hydroxylation is 2. The number of nitrogens with zero attached hydrogens (tertiary/aromatic N) is 2. The molecule has 3 rings (SSSR count). The largest absolute Gasteiger partial charge is 0.416 e. The van der Waals surface area contributed by atoms with E-state index in [4.69, 9.17) is 11.6 Å². The van der Waals surface area contributed by atoms with Crippen molar-refractivity contribution in [2.75, 3.05) is 11.6 Å². The predicted octanol–water partition coefficient (Wildman–Crippen LogP) is 4.84. The first-order valence-electron chi connectivity index (χ1n) is 8.79. The second kappa shape index (κ2) is 8.12. The fourth-order valence-electron chi connectivity index (χ4n) is 3.02. The molecule has 0 aliphatic rings. The molecule has 0 radical (unpaired) electrons. The quantitative estimate of drug-likeness (QED) is 0.515. The van der Waals surface area contributed by atoms with Gasteiger partial charge in [-0.25, -0.2) is 22.8 Å². The molecule has 3 aromatic rings. The molecule has 0 aliphatic heterocycles. The number of anilines is 1. The van der Waals surface area contributed by atoms with E-state index in [-0.39, 0.29) is 33.1 Å². The van der Waals surface area contributed by atoms with Gasteiger partial charge in [-0.05, 0) is 43.7 Å². The number of imidazole rings is 1. The molecule has 2 N–H and O–H groups in total. The van der Waals surface area contributed by atoms with E-state index in [1.165, 1.54) is 26.0 Å². The van der Waals surface area contributed by atoms with Crippen LogP contribution in [0.15, 0.2) is 35.4 Å². The minimum atomic E-state index is -4.59. The second-order valence-corrected chi connectivity index (χ2v) is 9.30. The van der Waals surface area contributed by atoms with Gasteiger partial charge in [-0.1, -0.05) is 17.7 Å². The summed E-state index contributed by atoms with van der Waals surface area (Å²) in [5.74, 6) is -0.741. The Labute approximate surface area is 180 Å². The number of alkyl halides is 3. The number of sulfone groups is 1. The van der Waals surface area contributed by atoms with Gasteiger partial charge in [-0.3, -0.25) is 0 Å². The van der Waals surface area contributed by atoms with Crippen LogP contribution in [0.25, 0.3) is 0 Å². The zero-order chi connectivity index (χ0) is 23.1. The number of pyridine rings is 1. The lowest BCUT2D eigenvalue weighted by Gasteiger charge is -2.20. The van der Waals surface area contributed by atoms with Crippen molar-refractivity contribution >= 4 is 27.3 Å². The Kier molecular flexibility index (Phi) is 6.03. The Hall–Kier alpha value is -2.66. The van der Waals surface area contributed by atoms with Crippen LogP contribution in [-0.4, -0.2) is 29.6 Å². The molecule has 2 aromatic heterocycles. The van der Waals surface area contributed by atoms with Crippen LogP contribution in [0.2, 0.25) is 5.02 Å². The SMILES string of the molecule is Cc1cc(C(F)(F)F)cc(NC(c2ccc(F)c(Cl)c2)c2nc(C)c(S(C)(=O)=O)[nH]2)n1. The lowest BCUT2D eigenvalue weighted by atomic mass is 10.1. The number of hydrogen-bond acceptors (Lipinski definition) is 5. The van der Waals surface area contributed by atoms with E-state index in [1.807, 2.05) is 0 Å². The molecule has 1 unspecified atom stereocenters. The lowest BCUT2D eigenvalue weighted by molar-refractivity contribution is -0.137. The first kappa shape index (κ1) is 23.0. The molecule has 0 fully saturated rings. The van der Waals surface area contributed by atoms with Gasteiger partial charge >= 0.3 is 6.18 Å². The summed E-state index contributed by atoms with van der Waals surface area (Å²) in [4.78, 5) is 11.0. The van der Waals surface area contributed by atoms with Crippen LogP contribution in [0.3, 0.4) is 0 Å². The zero-order valence-electron chi connectivity index (χ0n) is 16.5. The first-order chi connectivity index (χ1) is 14.3. The average Bonchev–Trinajstić information content (AvgIpc) is 3.03. The van der Waals surface area contributed by atoms with Gasteiger partial charge in [-0.2, -0.15) is 13.2 Å². The maximum atomic E-state index is 13.7. The standard InChI is InChI=1S/C19H17ClF4N4O2S/c1-9-6-12(19(22,23)24)8-15(25-9)27-16(11-4-5-14(21)13(20)7-11)17-26-10(2)18(28-17)31(3,29)30/h4-8,16H,1-3H3,(H,25,27)(H,26,28). The van der Waals surface area contributed by atoms with Crippen LogP contribution in [-0.2, 0) is 16.0 Å². The smallest absolute Gasteiger partial charge is 0.356 e. The molecule has 0 saturated carbocycles. The monoisotopic (exact) mass is 476 g/mol. The number of aromatic amines is 1. The van der Waals surface area contributed by atoms with Gasteiger partial charge in [0.05, 0.1) is 16.3 Å². The third kappa shape index (κ3) is 5.16. The van der Waals surface area contributed by atoms with Gasteiger partial charge in [0.2, 0.25) is 0 Å². The highest BCUT2D eigenvalue weighted by atomic mass is 35.5. The molecule has 1 atom stereocenters. The van der Waals surface area contributed by atoms with E-state index in [9.17, 15) is 26.0 Å². The van der Waals surface area contributed by atoms with Gasteiger partial charge in [0.1, 0.15) is 23.5 Å². The Morgan fingerprint density at radius 2 is 1.81 bits per heavy atom. The minimum absolute atomic E-state index is 0.0810. The van der Waals surface area contributed by atoms with Gasteiger partial charge < -0.3 is 10.3 Å². The average molecular weight is 477 g/mol. The molecule has 166 valence electrons. The van der Waals surface area contributed by atoms with E-state index in [0.717, 1.165) is 24.5 Å². The summed E-state index contributed by atoms with van der Waals surface area (Å²) in [7, 11) is -3.65. The van der Waals surface area contributed by atoms with Crippen molar-refractivity contribution in [1.29, 1.82) is 0 Å². The van der Waals surface area contributed by atoms with Crippen molar-refractivity contribution in [3.63, 3.8) is 0 Å². The topological polar surface area (TPSA) is 87.7 Å². The molecule has 0 aliphatic carbocycles. The van der Waals surface area contributed by atoms with E-state index in [2.05, 4.69) is 20.3 Å². The molecular formula is C19H17ClF4N4O2S. The summed E-state index contributed by atoms with van der Waals surface area (Å²) in [5.41, 5.74) is -0.297. The van der Waals surface area contributed by atoms with Crippen molar-refractivity contribution in [3.05, 3.63) is 69.5 Å². The fourth-order valence-corrected chi connectivity index (χ4v) is 4.08. The summed E-state index contributed by atoms with van der Waals surface area (Å²) in [6.07, 6.45) is -3.60. The zero-order valence-corrected chi connectivity index (χ0v) is 18.0. The van der Waals surface area contributed by atoms with Gasteiger partial charge in [0.25, 0.3) is 0 Å². The van der Waals surface area contributed by atoms with Crippen LogP contribution in [0.5, 0.6) is 0 Å². The van der Waals surface area contributed by atoms with Crippen molar-refractivity contribution < 1.29 is 26.0 Å². The first-order valence-corrected chi connectivity index (χ1v) is 11.1. The highest BCUT2D eigenvalue weighted by Gasteiger charge is 2.32. The van der Waals surface area contributed by atoms with Crippen LogP contribution in [0, 0.1) is 19.7 Å². The van der Waals surface area contributed by atoms with Gasteiger partial charge in [0.15, 0.2) is 14.9 Å². The number of hydrogen-bond donors (Lipinski definition) is 2. The van der Waals surface area contributed by atoms with E-state index < -0.39 is 33.4 Å². The number of halogens is 5. The lowest BCUT2D eigenvalue weighted by Crippen LogP contribution is -2.17. The van der Waals surface area contributed by atoms with E-state index in [1.54, 1.807) is 0 Å². The molecule has 2 heterocycles. The van der Waals surface area contributed by atoms with Crippen LogP contribution in [0.4, 0.5) is 23.4 Å². The summed E-state index contributed by atoms with van der Waals surface area (Å²) in [5, 5.41) is 2.46.